The highest BCUT2D eigenvalue weighted by Crippen LogP contribution is 2.23. The first-order valence-corrected chi connectivity index (χ1v) is 9.26. The van der Waals surface area contributed by atoms with Gasteiger partial charge in [-0.2, -0.15) is 0 Å². The molecule has 0 atom stereocenters. The van der Waals surface area contributed by atoms with Gasteiger partial charge in [0, 0.05) is 14.8 Å². The zero-order valence-electron chi connectivity index (χ0n) is 12.8. The predicted octanol–water partition coefficient (Wildman–Crippen LogP) is 4.38. The fourth-order valence-electron chi connectivity index (χ4n) is 2.05. The molecule has 0 aliphatic heterocycles. The molecule has 0 fully saturated rings. The minimum Gasteiger partial charge on any atom is -0.411 e. The standard InChI is InChI=1S/C17H14IN3O2S/c1-11-9-13(18)7-8-14(11)19-15(22)10-24-17-21-20-16(23-17)12-5-3-2-4-6-12/h2-9H,10H2,1H3,(H,19,22). The van der Waals surface area contributed by atoms with E-state index in [1.54, 1.807) is 0 Å². The summed E-state index contributed by atoms with van der Waals surface area (Å²) in [5.41, 5.74) is 2.71. The number of carbonyl (C=O) groups is 1. The van der Waals surface area contributed by atoms with E-state index < -0.39 is 0 Å². The van der Waals surface area contributed by atoms with Crippen molar-refractivity contribution in [2.75, 3.05) is 11.1 Å². The molecule has 3 rings (SSSR count). The molecule has 0 saturated carbocycles. The van der Waals surface area contributed by atoms with Crippen molar-refractivity contribution in [3.63, 3.8) is 0 Å². The number of nitrogens with zero attached hydrogens (tertiary/aromatic N) is 2. The summed E-state index contributed by atoms with van der Waals surface area (Å²) in [4.78, 5) is 12.1. The van der Waals surface area contributed by atoms with Crippen LogP contribution in [0.4, 0.5) is 5.69 Å². The van der Waals surface area contributed by atoms with E-state index >= 15 is 0 Å². The molecule has 122 valence electrons. The Kier molecular flexibility index (Phi) is 5.52. The van der Waals surface area contributed by atoms with E-state index in [9.17, 15) is 4.79 Å². The van der Waals surface area contributed by atoms with Crippen LogP contribution in [0.1, 0.15) is 5.56 Å². The molecule has 0 spiro atoms. The van der Waals surface area contributed by atoms with E-state index in [4.69, 9.17) is 4.42 Å². The molecule has 1 aromatic heterocycles. The van der Waals surface area contributed by atoms with Crippen molar-refractivity contribution in [3.05, 3.63) is 57.7 Å². The van der Waals surface area contributed by atoms with Crippen molar-refractivity contribution >= 4 is 45.9 Å². The van der Waals surface area contributed by atoms with Crippen LogP contribution in [-0.2, 0) is 4.79 Å². The SMILES string of the molecule is Cc1cc(I)ccc1NC(=O)CSc1nnc(-c2ccccc2)o1. The van der Waals surface area contributed by atoms with Gasteiger partial charge in [0.1, 0.15) is 0 Å². The number of hydrogen-bond donors (Lipinski definition) is 1. The maximum atomic E-state index is 12.1. The summed E-state index contributed by atoms with van der Waals surface area (Å²) in [6, 6.07) is 15.4. The van der Waals surface area contributed by atoms with Crippen LogP contribution in [0.5, 0.6) is 0 Å². The van der Waals surface area contributed by atoms with Crippen LogP contribution in [0.15, 0.2) is 58.2 Å². The number of amides is 1. The second kappa shape index (κ2) is 7.80. The van der Waals surface area contributed by atoms with E-state index in [1.165, 1.54) is 11.8 Å². The second-order valence-electron chi connectivity index (χ2n) is 5.04. The van der Waals surface area contributed by atoms with Gasteiger partial charge in [-0.3, -0.25) is 4.79 Å². The predicted molar refractivity (Wildman–Crippen MR) is 103 cm³/mol. The highest BCUT2D eigenvalue weighted by atomic mass is 127. The largest absolute Gasteiger partial charge is 0.411 e. The number of halogens is 1. The average Bonchev–Trinajstić information content (AvgIpc) is 3.05. The molecule has 7 heteroatoms. The monoisotopic (exact) mass is 451 g/mol. The molecule has 3 aromatic rings. The van der Waals surface area contributed by atoms with Gasteiger partial charge in [0.05, 0.1) is 5.75 Å². The van der Waals surface area contributed by atoms with E-state index in [0.717, 1.165) is 20.4 Å². The van der Waals surface area contributed by atoms with Gasteiger partial charge in [-0.25, -0.2) is 0 Å². The molecular formula is C17H14IN3O2S. The van der Waals surface area contributed by atoms with E-state index in [1.807, 2.05) is 55.5 Å². The lowest BCUT2D eigenvalue weighted by atomic mass is 10.2. The second-order valence-corrected chi connectivity index (χ2v) is 7.21. The number of nitrogens with one attached hydrogen (secondary N) is 1. The molecule has 1 N–H and O–H groups in total. The van der Waals surface area contributed by atoms with Crippen molar-refractivity contribution in [1.82, 2.24) is 10.2 Å². The summed E-state index contributed by atoms with van der Waals surface area (Å²) in [5, 5.41) is 11.2. The Bertz CT molecular complexity index is 852. The molecule has 0 aliphatic rings. The maximum absolute atomic E-state index is 12.1. The summed E-state index contributed by atoms with van der Waals surface area (Å²) in [6.45, 7) is 1.97. The number of rotatable bonds is 5. The fourth-order valence-corrected chi connectivity index (χ4v) is 3.26. The summed E-state index contributed by atoms with van der Waals surface area (Å²) in [6.07, 6.45) is 0. The smallest absolute Gasteiger partial charge is 0.277 e. The van der Waals surface area contributed by atoms with Gasteiger partial charge in [-0.05, 0) is 65.4 Å². The van der Waals surface area contributed by atoms with Gasteiger partial charge in [-0.15, -0.1) is 10.2 Å². The van der Waals surface area contributed by atoms with Gasteiger partial charge in [0.25, 0.3) is 5.22 Å². The van der Waals surface area contributed by atoms with Crippen LogP contribution in [0.25, 0.3) is 11.5 Å². The molecular weight excluding hydrogens is 437 g/mol. The van der Waals surface area contributed by atoms with Gasteiger partial charge in [0.15, 0.2) is 0 Å². The van der Waals surface area contributed by atoms with Crippen molar-refractivity contribution in [2.45, 2.75) is 12.1 Å². The Morgan fingerprint density at radius 2 is 2.00 bits per heavy atom. The highest BCUT2D eigenvalue weighted by molar-refractivity contribution is 14.1. The molecule has 0 saturated heterocycles. The maximum Gasteiger partial charge on any atom is 0.277 e. The van der Waals surface area contributed by atoms with Crippen molar-refractivity contribution in [1.29, 1.82) is 0 Å². The summed E-state index contributed by atoms with van der Waals surface area (Å²) in [5.74, 6) is 0.553. The average molecular weight is 451 g/mol. The molecule has 5 nitrogen and oxygen atoms in total. The van der Waals surface area contributed by atoms with Crippen LogP contribution in [-0.4, -0.2) is 21.9 Å². The first kappa shape index (κ1) is 17.0. The lowest BCUT2D eigenvalue weighted by Crippen LogP contribution is -2.14. The van der Waals surface area contributed by atoms with Gasteiger partial charge in [-0.1, -0.05) is 30.0 Å². The van der Waals surface area contributed by atoms with E-state index in [2.05, 4.69) is 38.1 Å². The van der Waals surface area contributed by atoms with Crippen molar-refractivity contribution in [3.8, 4) is 11.5 Å². The lowest BCUT2D eigenvalue weighted by Gasteiger charge is -2.07. The topological polar surface area (TPSA) is 68.0 Å². The minimum atomic E-state index is -0.108. The molecule has 1 heterocycles. The molecule has 0 unspecified atom stereocenters. The normalized spacial score (nSPS) is 10.6. The number of thioether (sulfide) groups is 1. The molecule has 1 amide bonds. The third kappa shape index (κ3) is 4.35. The van der Waals surface area contributed by atoms with E-state index in [-0.39, 0.29) is 11.7 Å². The summed E-state index contributed by atoms with van der Waals surface area (Å²) < 4.78 is 6.71. The lowest BCUT2D eigenvalue weighted by molar-refractivity contribution is -0.113. The molecule has 24 heavy (non-hydrogen) atoms. The number of aromatic nitrogens is 2. The number of benzene rings is 2. The Morgan fingerprint density at radius 3 is 2.75 bits per heavy atom. The third-order valence-corrected chi connectivity index (χ3v) is 4.71. The van der Waals surface area contributed by atoms with Crippen molar-refractivity contribution < 1.29 is 9.21 Å². The fraction of sp³-hybridized carbons (Fsp3) is 0.118. The molecule has 0 bridgehead atoms. The Hall–Kier alpha value is -1.87. The molecule has 2 aromatic carbocycles. The molecule has 0 aliphatic carbocycles. The quantitative estimate of drug-likeness (QED) is 0.461. The van der Waals surface area contributed by atoms with Crippen LogP contribution >= 0.6 is 34.4 Å². The Balaban J connectivity index is 1.58. The zero-order valence-corrected chi connectivity index (χ0v) is 15.8. The third-order valence-electron chi connectivity index (χ3n) is 3.22. The van der Waals surface area contributed by atoms with Crippen molar-refractivity contribution in [2.24, 2.45) is 0 Å². The first-order valence-electron chi connectivity index (χ1n) is 7.19. The van der Waals surface area contributed by atoms with Crippen LogP contribution in [0.3, 0.4) is 0 Å². The van der Waals surface area contributed by atoms with Gasteiger partial charge < -0.3 is 9.73 Å². The van der Waals surface area contributed by atoms with Crippen LogP contribution in [0.2, 0.25) is 0 Å². The van der Waals surface area contributed by atoms with Gasteiger partial charge in [0.2, 0.25) is 11.8 Å². The molecule has 0 radical (unpaired) electrons. The minimum absolute atomic E-state index is 0.108. The van der Waals surface area contributed by atoms with E-state index in [0.29, 0.717) is 11.1 Å². The first-order chi connectivity index (χ1) is 11.6. The number of anilines is 1. The van der Waals surface area contributed by atoms with Gasteiger partial charge >= 0.3 is 0 Å². The summed E-state index contributed by atoms with van der Waals surface area (Å²) >= 11 is 3.46. The Labute approximate surface area is 157 Å². The Morgan fingerprint density at radius 1 is 1.21 bits per heavy atom. The zero-order chi connectivity index (χ0) is 16.9. The highest BCUT2D eigenvalue weighted by Gasteiger charge is 2.11. The number of carbonyl (C=O) groups excluding carboxylic acids is 1. The van der Waals surface area contributed by atoms with Crippen LogP contribution in [0, 0.1) is 10.5 Å². The van der Waals surface area contributed by atoms with Crippen LogP contribution < -0.4 is 5.32 Å². The number of hydrogen-bond acceptors (Lipinski definition) is 5. The summed E-state index contributed by atoms with van der Waals surface area (Å²) in [7, 11) is 0. The number of aryl methyl sites for hydroxylation is 1.